The fourth-order valence-electron chi connectivity index (χ4n) is 2.95. The maximum absolute atomic E-state index is 11.7. The molecule has 7 heteroatoms. The van der Waals surface area contributed by atoms with Gasteiger partial charge in [-0.05, 0) is 32.1 Å². The van der Waals surface area contributed by atoms with Crippen molar-refractivity contribution in [2.45, 2.75) is 109 Å². The Morgan fingerprint density at radius 3 is 2.30 bits per heavy atom. The Hall–Kier alpha value is -1.44. The van der Waals surface area contributed by atoms with E-state index in [1.807, 2.05) is 6.08 Å². The largest absolute Gasteiger partial charge is 0.462 e. The van der Waals surface area contributed by atoms with Crippen molar-refractivity contribution in [3.63, 3.8) is 0 Å². The van der Waals surface area contributed by atoms with Crippen LogP contribution in [-0.2, 0) is 19.1 Å². The minimum absolute atomic E-state index is 0.138. The van der Waals surface area contributed by atoms with E-state index in [-0.39, 0.29) is 19.6 Å². The first kappa shape index (κ1) is 28.6. The molecule has 0 aromatic carbocycles. The number of unbranched alkanes of at least 4 members (excludes halogenated alkanes) is 7. The summed E-state index contributed by atoms with van der Waals surface area (Å²) >= 11 is 0. The summed E-state index contributed by atoms with van der Waals surface area (Å²) in [6, 6.07) is 0. The van der Waals surface area contributed by atoms with Crippen molar-refractivity contribution in [1.82, 2.24) is 0 Å². The highest BCUT2D eigenvalue weighted by Gasteiger charge is 2.15. The average Bonchev–Trinajstić information content (AvgIpc) is 2.72. The third-order valence-electron chi connectivity index (χ3n) is 4.82. The van der Waals surface area contributed by atoms with Gasteiger partial charge in [0.1, 0.15) is 6.61 Å². The van der Waals surface area contributed by atoms with Gasteiger partial charge in [-0.15, -0.1) is 0 Å². The molecule has 0 spiro atoms. The monoisotopic (exact) mass is 430 g/mol. The second-order valence-electron chi connectivity index (χ2n) is 7.74. The molecule has 0 aliphatic rings. The Balaban J connectivity index is 3.69. The molecule has 30 heavy (non-hydrogen) atoms. The third-order valence-corrected chi connectivity index (χ3v) is 4.82. The zero-order chi connectivity index (χ0) is 22.6. The van der Waals surface area contributed by atoms with Gasteiger partial charge >= 0.3 is 11.9 Å². The lowest BCUT2D eigenvalue weighted by Gasteiger charge is -2.16. The molecule has 0 unspecified atom stereocenters. The highest BCUT2D eigenvalue weighted by Crippen LogP contribution is 2.13. The lowest BCUT2D eigenvalue weighted by atomic mass is 10.0. The highest BCUT2D eigenvalue weighted by atomic mass is 16.6. The first-order chi connectivity index (χ1) is 14.4. The van der Waals surface area contributed by atoms with E-state index in [0.29, 0.717) is 19.3 Å². The second-order valence-corrected chi connectivity index (χ2v) is 7.74. The number of aliphatic hydroxyl groups is 3. The molecular weight excluding hydrogens is 388 g/mol. The zero-order valence-corrected chi connectivity index (χ0v) is 18.8. The molecular formula is C23H42O7. The highest BCUT2D eigenvalue weighted by molar-refractivity contribution is 5.69. The fourth-order valence-corrected chi connectivity index (χ4v) is 2.95. The number of ether oxygens (including phenoxy) is 2. The normalized spacial score (nSPS) is 14.4. The van der Waals surface area contributed by atoms with Crippen molar-refractivity contribution in [3.05, 3.63) is 12.2 Å². The Morgan fingerprint density at radius 2 is 1.63 bits per heavy atom. The molecule has 0 fully saturated rings. The van der Waals surface area contributed by atoms with Crippen LogP contribution in [-0.4, -0.2) is 58.8 Å². The van der Waals surface area contributed by atoms with Crippen molar-refractivity contribution >= 4 is 11.9 Å². The molecule has 0 saturated carbocycles. The predicted molar refractivity (Wildman–Crippen MR) is 116 cm³/mol. The summed E-state index contributed by atoms with van der Waals surface area (Å²) in [5.74, 6) is -0.900. The average molecular weight is 431 g/mol. The van der Waals surface area contributed by atoms with Gasteiger partial charge in [-0.25, -0.2) is 0 Å². The molecule has 0 bridgehead atoms. The van der Waals surface area contributed by atoms with Gasteiger partial charge in [0, 0.05) is 13.3 Å². The van der Waals surface area contributed by atoms with Crippen molar-refractivity contribution in [2.75, 3.05) is 13.2 Å². The summed E-state index contributed by atoms with van der Waals surface area (Å²) in [5.41, 5.74) is 0. The molecule has 3 N–H and O–H groups in total. The SMILES string of the molecule is CCCCC/C=C\C[C@H](O)[C@@H](O)CCCCCCCC(=O)O[C@@H](CO)COC(C)=O. The van der Waals surface area contributed by atoms with Gasteiger partial charge < -0.3 is 24.8 Å². The van der Waals surface area contributed by atoms with E-state index in [4.69, 9.17) is 14.6 Å². The number of aliphatic hydroxyl groups excluding tert-OH is 3. The van der Waals surface area contributed by atoms with E-state index in [1.165, 1.54) is 26.2 Å². The molecule has 7 nitrogen and oxygen atoms in total. The van der Waals surface area contributed by atoms with Gasteiger partial charge in [0.05, 0.1) is 18.8 Å². The molecule has 0 radical (unpaired) electrons. The van der Waals surface area contributed by atoms with Crippen LogP contribution in [0.2, 0.25) is 0 Å². The minimum atomic E-state index is -0.819. The molecule has 0 aromatic heterocycles. The van der Waals surface area contributed by atoms with Crippen LogP contribution in [0.3, 0.4) is 0 Å². The van der Waals surface area contributed by atoms with E-state index in [1.54, 1.807) is 0 Å². The maximum atomic E-state index is 11.7. The van der Waals surface area contributed by atoms with Crippen LogP contribution in [0, 0.1) is 0 Å². The van der Waals surface area contributed by atoms with Crippen LogP contribution in [0.4, 0.5) is 0 Å². The zero-order valence-electron chi connectivity index (χ0n) is 18.8. The topological polar surface area (TPSA) is 113 Å². The Kier molecular flexibility index (Phi) is 18.6. The van der Waals surface area contributed by atoms with Gasteiger partial charge in [0.15, 0.2) is 6.10 Å². The molecule has 0 aliphatic carbocycles. The number of esters is 2. The van der Waals surface area contributed by atoms with Crippen molar-refractivity contribution < 1.29 is 34.4 Å². The molecule has 0 rings (SSSR count). The van der Waals surface area contributed by atoms with E-state index in [0.717, 1.165) is 32.1 Å². The van der Waals surface area contributed by atoms with Crippen LogP contribution < -0.4 is 0 Å². The summed E-state index contributed by atoms with van der Waals surface area (Å²) in [6.07, 6.45) is 12.0. The molecule has 0 heterocycles. The van der Waals surface area contributed by atoms with Crippen molar-refractivity contribution in [3.8, 4) is 0 Å². The quantitative estimate of drug-likeness (QED) is 0.163. The summed E-state index contributed by atoms with van der Waals surface area (Å²) < 4.78 is 9.79. The molecule has 176 valence electrons. The van der Waals surface area contributed by atoms with Gasteiger partial charge in [-0.1, -0.05) is 57.6 Å². The number of carbonyl (C=O) groups is 2. The fraction of sp³-hybridized carbons (Fsp3) is 0.826. The predicted octanol–water partition coefficient (Wildman–Crippen LogP) is 3.43. The third kappa shape index (κ3) is 17.4. The first-order valence-corrected chi connectivity index (χ1v) is 11.4. The molecule has 3 atom stereocenters. The number of rotatable bonds is 19. The van der Waals surface area contributed by atoms with E-state index in [9.17, 15) is 19.8 Å². The molecule has 0 aromatic rings. The van der Waals surface area contributed by atoms with Crippen LogP contribution in [0.15, 0.2) is 12.2 Å². The van der Waals surface area contributed by atoms with Gasteiger partial charge in [-0.3, -0.25) is 9.59 Å². The number of hydrogen-bond donors (Lipinski definition) is 3. The number of carbonyl (C=O) groups excluding carboxylic acids is 2. The summed E-state index contributed by atoms with van der Waals surface area (Å²) in [7, 11) is 0. The van der Waals surface area contributed by atoms with Crippen LogP contribution >= 0.6 is 0 Å². The van der Waals surface area contributed by atoms with Gasteiger partial charge in [0.25, 0.3) is 0 Å². The van der Waals surface area contributed by atoms with Crippen molar-refractivity contribution in [1.29, 1.82) is 0 Å². The Labute approximate surface area is 181 Å². The van der Waals surface area contributed by atoms with E-state index in [2.05, 4.69) is 13.0 Å². The van der Waals surface area contributed by atoms with Crippen molar-refractivity contribution in [2.24, 2.45) is 0 Å². The molecule has 0 saturated heterocycles. The Morgan fingerprint density at radius 1 is 0.933 bits per heavy atom. The minimum Gasteiger partial charge on any atom is -0.462 e. The summed E-state index contributed by atoms with van der Waals surface area (Å²) in [4.78, 5) is 22.5. The molecule has 0 amide bonds. The van der Waals surface area contributed by atoms with Gasteiger partial charge in [-0.2, -0.15) is 0 Å². The van der Waals surface area contributed by atoms with E-state index >= 15 is 0 Å². The maximum Gasteiger partial charge on any atom is 0.306 e. The molecule has 0 aliphatic heterocycles. The second kappa shape index (κ2) is 19.5. The summed E-state index contributed by atoms with van der Waals surface area (Å²) in [6.45, 7) is 2.90. The lowest BCUT2D eigenvalue weighted by molar-refractivity contribution is -0.160. The number of allylic oxidation sites excluding steroid dienone is 1. The van der Waals surface area contributed by atoms with Crippen LogP contribution in [0.25, 0.3) is 0 Å². The smallest absolute Gasteiger partial charge is 0.306 e. The lowest BCUT2D eigenvalue weighted by Crippen LogP contribution is -2.28. The number of hydrogen-bond acceptors (Lipinski definition) is 7. The Bertz CT molecular complexity index is 464. The van der Waals surface area contributed by atoms with Crippen LogP contribution in [0.5, 0.6) is 0 Å². The van der Waals surface area contributed by atoms with Crippen LogP contribution in [0.1, 0.15) is 90.9 Å². The van der Waals surface area contributed by atoms with Gasteiger partial charge in [0.2, 0.25) is 0 Å². The first-order valence-electron chi connectivity index (χ1n) is 11.4. The standard InChI is InChI=1S/C23H42O7/c1-3-4-5-6-8-11-14-21(26)22(27)15-12-9-7-10-13-16-23(28)30-20(17-24)18-29-19(2)25/h8,11,20-22,24,26-27H,3-7,9-10,12-18H2,1-2H3/b11-8-/t20-,21-,22-/m0/s1. The summed E-state index contributed by atoms with van der Waals surface area (Å²) in [5, 5.41) is 29.1. The van der Waals surface area contributed by atoms with E-state index < -0.39 is 30.3 Å².